The monoisotopic (exact) mass is 534 g/mol. The highest BCUT2D eigenvalue weighted by Gasteiger charge is 2.32. The molecule has 0 unspecified atom stereocenters. The molecule has 10 heteroatoms. The lowest BCUT2D eigenvalue weighted by atomic mass is 10.0. The second kappa shape index (κ2) is 13.7. The fourth-order valence-electron chi connectivity index (χ4n) is 4.14. The van der Waals surface area contributed by atoms with E-state index in [0.29, 0.717) is 28.6 Å². The number of hydrogen-bond donors (Lipinski definition) is 3. The van der Waals surface area contributed by atoms with E-state index in [-0.39, 0.29) is 19.4 Å². The number of rotatable bonds is 12. The molecule has 0 saturated carbocycles. The molecule has 206 valence electrons. The van der Waals surface area contributed by atoms with Crippen molar-refractivity contribution in [2.24, 2.45) is 5.73 Å². The molecule has 39 heavy (non-hydrogen) atoms. The van der Waals surface area contributed by atoms with Gasteiger partial charge in [-0.25, -0.2) is 0 Å². The maximum Gasteiger partial charge on any atom is 0.243 e. The summed E-state index contributed by atoms with van der Waals surface area (Å²) in [6.07, 6.45) is 0.0345. The van der Waals surface area contributed by atoms with Gasteiger partial charge in [-0.05, 0) is 41.0 Å². The van der Waals surface area contributed by atoms with Crippen LogP contribution in [-0.2, 0) is 29.0 Å². The average molecular weight is 535 g/mol. The van der Waals surface area contributed by atoms with Gasteiger partial charge in [0, 0.05) is 19.0 Å². The first kappa shape index (κ1) is 28.8. The van der Waals surface area contributed by atoms with E-state index in [0.717, 1.165) is 16.0 Å². The molecule has 3 rings (SSSR count). The molecule has 0 spiro atoms. The predicted molar refractivity (Wildman–Crippen MR) is 147 cm³/mol. The first-order valence-electron chi connectivity index (χ1n) is 12.2. The van der Waals surface area contributed by atoms with Gasteiger partial charge in [0.05, 0.1) is 34.9 Å². The minimum atomic E-state index is -1.06. The Hall–Kier alpha value is -4.73. The number of carbonyl (C=O) groups excluding carboxylic acids is 2. The van der Waals surface area contributed by atoms with E-state index in [9.17, 15) is 9.59 Å². The van der Waals surface area contributed by atoms with Crippen molar-refractivity contribution in [3.8, 4) is 23.0 Å². The van der Waals surface area contributed by atoms with Gasteiger partial charge >= 0.3 is 0 Å². The Kier molecular flexibility index (Phi) is 10.1. The fourth-order valence-corrected chi connectivity index (χ4v) is 4.14. The zero-order valence-corrected chi connectivity index (χ0v) is 22.5. The zero-order valence-electron chi connectivity index (χ0n) is 22.5. The van der Waals surface area contributed by atoms with E-state index in [1.54, 1.807) is 43.5 Å². The predicted octanol–water partition coefficient (Wildman–Crippen LogP) is 2.91. The Balaban J connectivity index is 1.88. The number of carbonyl (C=O) groups is 2. The Bertz CT molecular complexity index is 1280. The topological polar surface area (TPSA) is 136 Å². The van der Waals surface area contributed by atoms with Gasteiger partial charge in [-0.3, -0.25) is 19.9 Å². The van der Waals surface area contributed by atoms with Gasteiger partial charge < -0.3 is 30.0 Å². The molecular weight excluding hydrogens is 500 g/mol. The van der Waals surface area contributed by atoms with Gasteiger partial charge in [-0.2, -0.15) is 0 Å². The van der Waals surface area contributed by atoms with Gasteiger partial charge in [0.2, 0.25) is 11.8 Å². The maximum absolute atomic E-state index is 13.5. The molecule has 1 atom stereocenters. The van der Waals surface area contributed by atoms with Crippen molar-refractivity contribution in [1.29, 1.82) is 5.41 Å². The summed E-state index contributed by atoms with van der Waals surface area (Å²) in [5.41, 5.74) is 8.07. The fraction of sp³-hybridized carbons (Fsp3) is 0.276. The van der Waals surface area contributed by atoms with Gasteiger partial charge in [0.25, 0.3) is 0 Å². The van der Waals surface area contributed by atoms with E-state index in [4.69, 9.17) is 30.1 Å². The number of guanidine groups is 1. The van der Waals surface area contributed by atoms with Gasteiger partial charge in [-0.15, -0.1) is 0 Å². The van der Waals surface area contributed by atoms with Crippen LogP contribution in [0.15, 0.2) is 66.7 Å². The van der Waals surface area contributed by atoms with Crippen molar-refractivity contribution < 1.29 is 28.5 Å². The molecule has 0 radical (unpaired) electrons. The van der Waals surface area contributed by atoms with Crippen LogP contribution < -0.4 is 30.0 Å². The molecule has 0 fully saturated rings. The Morgan fingerprint density at radius 2 is 1.46 bits per heavy atom. The average Bonchev–Trinajstić information content (AvgIpc) is 2.95. The Labute approximate surface area is 228 Å². The first-order valence-corrected chi connectivity index (χ1v) is 12.2. The number of methoxy groups -OCH3 is 4. The Morgan fingerprint density at radius 1 is 0.821 bits per heavy atom. The van der Waals surface area contributed by atoms with Gasteiger partial charge in [-0.1, -0.05) is 36.4 Å². The largest absolute Gasteiger partial charge is 0.497 e. The maximum atomic E-state index is 13.5. The summed E-state index contributed by atoms with van der Waals surface area (Å²) in [6.45, 7) is 0.164. The van der Waals surface area contributed by atoms with Gasteiger partial charge in [0.1, 0.15) is 17.5 Å². The summed E-state index contributed by atoms with van der Waals surface area (Å²) < 4.78 is 21.2. The summed E-state index contributed by atoms with van der Waals surface area (Å²) in [7, 11) is 6.11. The molecule has 4 N–H and O–H groups in total. The number of hydrogen-bond acceptors (Lipinski definition) is 7. The summed E-state index contributed by atoms with van der Waals surface area (Å²) in [6, 6.07) is 18.6. The summed E-state index contributed by atoms with van der Waals surface area (Å²) >= 11 is 0. The van der Waals surface area contributed by atoms with Crippen molar-refractivity contribution in [1.82, 2.24) is 10.2 Å². The van der Waals surface area contributed by atoms with Crippen LogP contribution in [0.1, 0.15) is 16.7 Å². The van der Waals surface area contributed by atoms with E-state index >= 15 is 0 Å². The van der Waals surface area contributed by atoms with Crippen molar-refractivity contribution in [2.45, 2.75) is 25.4 Å². The molecule has 0 aliphatic carbocycles. The molecule has 0 saturated heterocycles. The third-order valence-electron chi connectivity index (χ3n) is 6.10. The van der Waals surface area contributed by atoms with Crippen molar-refractivity contribution >= 4 is 17.8 Å². The van der Waals surface area contributed by atoms with Crippen LogP contribution in [0.5, 0.6) is 23.0 Å². The summed E-state index contributed by atoms with van der Waals surface area (Å²) in [4.78, 5) is 28.1. The van der Waals surface area contributed by atoms with Crippen LogP contribution in [0.2, 0.25) is 0 Å². The molecular formula is C29H34N4O6. The molecule has 0 aliphatic heterocycles. The number of benzene rings is 3. The number of ether oxygens (including phenoxy) is 4. The van der Waals surface area contributed by atoms with Crippen LogP contribution in [0.25, 0.3) is 0 Å². The second-order valence-electron chi connectivity index (χ2n) is 8.66. The summed E-state index contributed by atoms with van der Waals surface area (Å²) in [5, 5.41) is 11.1. The second-order valence-corrected chi connectivity index (χ2v) is 8.66. The highest BCUT2D eigenvalue weighted by molar-refractivity contribution is 6.01. The van der Waals surface area contributed by atoms with E-state index in [1.807, 2.05) is 30.3 Å². The lowest BCUT2D eigenvalue weighted by Crippen LogP contribution is -2.55. The first-order chi connectivity index (χ1) is 18.8. The minimum absolute atomic E-state index is 0.124. The Morgan fingerprint density at radius 3 is 2.03 bits per heavy atom. The molecule has 0 heterocycles. The molecule has 0 aromatic heterocycles. The smallest absolute Gasteiger partial charge is 0.243 e. The lowest BCUT2D eigenvalue weighted by molar-refractivity contribution is -0.135. The normalized spacial score (nSPS) is 11.2. The van der Waals surface area contributed by atoms with Crippen molar-refractivity contribution in [2.75, 3.05) is 28.4 Å². The quantitative estimate of drug-likeness (QED) is 0.240. The van der Waals surface area contributed by atoms with E-state index in [2.05, 4.69) is 5.32 Å². The number of nitrogens with zero attached hydrogens (tertiary/aromatic N) is 1. The third-order valence-corrected chi connectivity index (χ3v) is 6.10. The molecule has 3 aromatic carbocycles. The highest BCUT2D eigenvalue weighted by Crippen LogP contribution is 2.27. The van der Waals surface area contributed by atoms with Crippen LogP contribution >= 0.6 is 0 Å². The zero-order chi connectivity index (χ0) is 28.4. The summed E-state index contributed by atoms with van der Waals surface area (Å²) in [5.74, 6) is 0.619. The van der Waals surface area contributed by atoms with Gasteiger partial charge in [0.15, 0.2) is 17.5 Å². The van der Waals surface area contributed by atoms with Crippen LogP contribution in [0.3, 0.4) is 0 Å². The highest BCUT2D eigenvalue weighted by atomic mass is 16.5. The number of amides is 2. The number of nitrogens with two attached hydrogens (primary N) is 1. The lowest BCUT2D eigenvalue weighted by Gasteiger charge is -2.30. The van der Waals surface area contributed by atoms with Crippen molar-refractivity contribution in [3.05, 3.63) is 83.4 Å². The van der Waals surface area contributed by atoms with E-state index < -0.39 is 23.8 Å². The molecule has 0 bridgehead atoms. The molecule has 3 aromatic rings. The van der Waals surface area contributed by atoms with E-state index in [1.165, 1.54) is 21.3 Å². The van der Waals surface area contributed by atoms with Crippen LogP contribution in [-0.4, -0.2) is 57.2 Å². The molecule has 10 nitrogen and oxygen atoms in total. The third kappa shape index (κ3) is 7.64. The minimum Gasteiger partial charge on any atom is -0.497 e. The number of nitrogens with one attached hydrogen (secondary N) is 2. The molecule has 0 aliphatic rings. The van der Waals surface area contributed by atoms with Crippen molar-refractivity contribution in [3.63, 3.8) is 0 Å². The SMILES string of the molecule is COc1cc(CC(=O)N(C(=N)N)[C@H](Cc2ccccc2)C(=O)NCc2ccc(OC)c(OC)c2)cc(OC)c1. The standard InChI is InChI=1S/C29H34N4O6/c1-36-22-12-21(13-23(17-22)37-2)16-27(34)33(29(30)31)24(14-19-8-6-5-7-9-19)28(35)32-18-20-10-11-25(38-3)26(15-20)39-4/h5-13,15,17,24H,14,16,18H2,1-4H3,(H3,30,31)(H,32,35)/t24-/m1/s1. The van der Waals surface area contributed by atoms with Crippen LogP contribution in [0.4, 0.5) is 0 Å². The molecule has 2 amide bonds. The van der Waals surface area contributed by atoms with Crippen LogP contribution in [0, 0.1) is 5.41 Å².